The Balaban J connectivity index is 2.05. The summed E-state index contributed by atoms with van der Waals surface area (Å²) < 4.78 is 26.2. The van der Waals surface area contributed by atoms with Crippen LogP contribution in [0.5, 0.6) is 0 Å². The van der Waals surface area contributed by atoms with E-state index in [0.717, 1.165) is 12.3 Å². The van der Waals surface area contributed by atoms with Gasteiger partial charge < -0.3 is 0 Å². The topological polar surface area (TPSA) is 54.4 Å². The summed E-state index contributed by atoms with van der Waals surface area (Å²) in [5.41, 5.74) is 2.46. The van der Waals surface area contributed by atoms with Gasteiger partial charge in [0.1, 0.15) is 0 Å². The van der Waals surface area contributed by atoms with Crippen molar-refractivity contribution in [2.45, 2.75) is 0 Å². The zero-order chi connectivity index (χ0) is 13.7. The molecule has 0 aliphatic heterocycles. The van der Waals surface area contributed by atoms with Crippen molar-refractivity contribution in [3.05, 3.63) is 65.5 Å². The molecule has 0 bridgehead atoms. The summed E-state index contributed by atoms with van der Waals surface area (Å²) in [7, 11) is 0. The molecular formula is C13H9F2N3O. The van der Waals surface area contributed by atoms with Crippen molar-refractivity contribution in [3.8, 4) is 0 Å². The molecule has 1 N–H and O–H groups in total. The first kappa shape index (κ1) is 12.8. The third-order valence-corrected chi connectivity index (χ3v) is 2.27. The largest absolute Gasteiger partial charge is 0.272 e. The minimum Gasteiger partial charge on any atom is -0.267 e. The number of hydrogen-bond acceptors (Lipinski definition) is 3. The zero-order valence-electron chi connectivity index (χ0n) is 9.68. The van der Waals surface area contributed by atoms with Crippen LogP contribution >= 0.6 is 0 Å². The molecule has 2 aromatic rings. The van der Waals surface area contributed by atoms with E-state index in [1.807, 2.05) is 0 Å². The molecule has 0 aliphatic carbocycles. The fourth-order valence-electron chi connectivity index (χ4n) is 1.34. The third kappa shape index (κ3) is 3.19. The third-order valence-electron chi connectivity index (χ3n) is 2.27. The lowest BCUT2D eigenvalue weighted by molar-refractivity contribution is 0.0955. The standard InChI is InChI=1S/C13H9F2N3O/c14-11-5-1-3-9(12(11)15)8-17-18-13(19)10-4-2-6-16-7-10/h1-8H,(H,18,19)/b17-8+. The van der Waals surface area contributed by atoms with E-state index in [2.05, 4.69) is 15.5 Å². The Bertz CT molecular complexity index is 615. The molecule has 0 atom stereocenters. The summed E-state index contributed by atoms with van der Waals surface area (Å²) in [4.78, 5) is 15.3. The van der Waals surface area contributed by atoms with Crippen LogP contribution in [-0.2, 0) is 0 Å². The van der Waals surface area contributed by atoms with Crippen LogP contribution in [0, 0.1) is 11.6 Å². The number of nitrogens with zero attached hydrogens (tertiary/aromatic N) is 2. The van der Waals surface area contributed by atoms with E-state index < -0.39 is 17.5 Å². The van der Waals surface area contributed by atoms with Crippen LogP contribution in [-0.4, -0.2) is 17.1 Å². The molecule has 0 saturated carbocycles. The van der Waals surface area contributed by atoms with Crippen molar-refractivity contribution in [1.82, 2.24) is 10.4 Å². The van der Waals surface area contributed by atoms with E-state index in [1.165, 1.54) is 24.5 Å². The van der Waals surface area contributed by atoms with Crippen molar-refractivity contribution in [2.24, 2.45) is 5.10 Å². The molecule has 1 aromatic carbocycles. The number of carbonyl (C=O) groups excluding carboxylic acids is 1. The first-order valence-electron chi connectivity index (χ1n) is 5.36. The molecule has 0 unspecified atom stereocenters. The fourth-order valence-corrected chi connectivity index (χ4v) is 1.34. The van der Waals surface area contributed by atoms with Crippen molar-refractivity contribution in [3.63, 3.8) is 0 Å². The highest BCUT2D eigenvalue weighted by molar-refractivity contribution is 5.94. The van der Waals surface area contributed by atoms with Crippen LogP contribution in [0.1, 0.15) is 15.9 Å². The Kier molecular flexibility index (Phi) is 3.92. The van der Waals surface area contributed by atoms with Gasteiger partial charge in [-0.25, -0.2) is 14.2 Å². The predicted molar refractivity (Wildman–Crippen MR) is 65.7 cm³/mol. The van der Waals surface area contributed by atoms with Gasteiger partial charge in [-0.05, 0) is 18.2 Å². The van der Waals surface area contributed by atoms with E-state index in [-0.39, 0.29) is 5.56 Å². The summed E-state index contributed by atoms with van der Waals surface area (Å²) >= 11 is 0. The van der Waals surface area contributed by atoms with Gasteiger partial charge in [0.2, 0.25) is 0 Å². The number of benzene rings is 1. The minimum atomic E-state index is -1.01. The zero-order valence-corrected chi connectivity index (χ0v) is 9.68. The molecule has 0 fully saturated rings. The molecule has 0 radical (unpaired) electrons. The second kappa shape index (κ2) is 5.81. The van der Waals surface area contributed by atoms with Crippen molar-refractivity contribution < 1.29 is 13.6 Å². The number of carbonyl (C=O) groups is 1. The van der Waals surface area contributed by atoms with Gasteiger partial charge in [-0.3, -0.25) is 9.78 Å². The SMILES string of the molecule is O=C(N/N=C/c1cccc(F)c1F)c1cccnc1. The maximum atomic E-state index is 13.3. The molecule has 4 nitrogen and oxygen atoms in total. The molecule has 0 saturated heterocycles. The summed E-state index contributed by atoms with van der Waals surface area (Å²) in [6.07, 6.45) is 3.93. The Morgan fingerprint density at radius 1 is 1.26 bits per heavy atom. The molecule has 6 heteroatoms. The van der Waals surface area contributed by atoms with Crippen LogP contribution in [0.15, 0.2) is 47.8 Å². The number of pyridine rings is 1. The van der Waals surface area contributed by atoms with E-state index in [0.29, 0.717) is 5.56 Å². The highest BCUT2D eigenvalue weighted by Crippen LogP contribution is 2.08. The summed E-state index contributed by atoms with van der Waals surface area (Å²) in [6, 6.07) is 6.85. The average molecular weight is 261 g/mol. The quantitative estimate of drug-likeness (QED) is 0.679. The second-order valence-corrected chi connectivity index (χ2v) is 3.58. The van der Waals surface area contributed by atoms with Gasteiger partial charge in [-0.1, -0.05) is 12.1 Å². The highest BCUT2D eigenvalue weighted by Gasteiger charge is 2.06. The molecule has 1 amide bonds. The highest BCUT2D eigenvalue weighted by atomic mass is 19.2. The smallest absolute Gasteiger partial charge is 0.267 e. The number of hydrogen-bond donors (Lipinski definition) is 1. The summed E-state index contributed by atoms with van der Waals surface area (Å²) in [5, 5.41) is 3.56. The lowest BCUT2D eigenvalue weighted by atomic mass is 10.2. The van der Waals surface area contributed by atoms with Gasteiger partial charge in [-0.15, -0.1) is 0 Å². The summed E-state index contributed by atoms with van der Waals surface area (Å²) in [5.74, 6) is -2.47. The molecule has 0 spiro atoms. The Morgan fingerprint density at radius 3 is 2.84 bits per heavy atom. The van der Waals surface area contributed by atoms with Crippen LogP contribution in [0.2, 0.25) is 0 Å². The molecule has 0 aliphatic rings. The monoisotopic (exact) mass is 261 g/mol. The Hall–Kier alpha value is -2.63. The van der Waals surface area contributed by atoms with Gasteiger partial charge in [0.05, 0.1) is 11.8 Å². The van der Waals surface area contributed by atoms with E-state index in [4.69, 9.17) is 0 Å². The van der Waals surface area contributed by atoms with Crippen molar-refractivity contribution in [1.29, 1.82) is 0 Å². The predicted octanol–water partition coefficient (Wildman–Crippen LogP) is 2.12. The molecular weight excluding hydrogens is 252 g/mol. The number of nitrogens with one attached hydrogen (secondary N) is 1. The van der Waals surface area contributed by atoms with Crippen LogP contribution < -0.4 is 5.43 Å². The van der Waals surface area contributed by atoms with E-state index in [9.17, 15) is 13.6 Å². The average Bonchev–Trinajstić information content (AvgIpc) is 2.44. The van der Waals surface area contributed by atoms with Crippen LogP contribution in [0.25, 0.3) is 0 Å². The molecule has 96 valence electrons. The molecule has 1 aromatic heterocycles. The van der Waals surface area contributed by atoms with Gasteiger partial charge in [0.15, 0.2) is 11.6 Å². The number of halogens is 2. The number of amides is 1. The normalized spacial score (nSPS) is 10.6. The van der Waals surface area contributed by atoms with Gasteiger partial charge in [-0.2, -0.15) is 5.10 Å². The molecule has 19 heavy (non-hydrogen) atoms. The first-order valence-corrected chi connectivity index (χ1v) is 5.36. The van der Waals surface area contributed by atoms with Gasteiger partial charge in [0.25, 0.3) is 5.91 Å². The van der Waals surface area contributed by atoms with Crippen molar-refractivity contribution in [2.75, 3.05) is 0 Å². The lowest BCUT2D eigenvalue weighted by Gasteiger charge is -1.99. The van der Waals surface area contributed by atoms with E-state index >= 15 is 0 Å². The number of aromatic nitrogens is 1. The fraction of sp³-hybridized carbons (Fsp3) is 0. The summed E-state index contributed by atoms with van der Waals surface area (Å²) in [6.45, 7) is 0. The van der Waals surface area contributed by atoms with E-state index in [1.54, 1.807) is 12.1 Å². The van der Waals surface area contributed by atoms with Crippen LogP contribution in [0.4, 0.5) is 8.78 Å². The second-order valence-electron chi connectivity index (χ2n) is 3.58. The Morgan fingerprint density at radius 2 is 2.11 bits per heavy atom. The first-order chi connectivity index (χ1) is 9.18. The number of hydrazone groups is 1. The number of rotatable bonds is 3. The minimum absolute atomic E-state index is 0.0495. The Labute approximate surface area is 107 Å². The maximum Gasteiger partial charge on any atom is 0.272 e. The van der Waals surface area contributed by atoms with Gasteiger partial charge in [0, 0.05) is 18.0 Å². The van der Waals surface area contributed by atoms with Crippen LogP contribution in [0.3, 0.4) is 0 Å². The maximum absolute atomic E-state index is 13.3. The van der Waals surface area contributed by atoms with Crippen molar-refractivity contribution >= 4 is 12.1 Å². The molecule has 2 rings (SSSR count). The molecule has 1 heterocycles. The lowest BCUT2D eigenvalue weighted by Crippen LogP contribution is -2.17. The van der Waals surface area contributed by atoms with Gasteiger partial charge >= 0.3 is 0 Å².